The van der Waals surface area contributed by atoms with E-state index in [1.165, 1.54) is 12.8 Å². The smallest absolute Gasteiger partial charge is 0.240 e. The van der Waals surface area contributed by atoms with Crippen molar-refractivity contribution < 1.29 is 9.59 Å². The molecule has 1 aliphatic carbocycles. The van der Waals surface area contributed by atoms with E-state index in [1.54, 1.807) is 19.1 Å². The second kappa shape index (κ2) is 6.83. The Morgan fingerprint density at radius 3 is 2.63 bits per heavy atom. The van der Waals surface area contributed by atoms with E-state index in [-0.39, 0.29) is 29.8 Å². The predicted molar refractivity (Wildman–Crippen MR) is 103 cm³/mol. The van der Waals surface area contributed by atoms with Gasteiger partial charge in [0.05, 0.1) is 11.6 Å². The van der Waals surface area contributed by atoms with Gasteiger partial charge in [-0.3, -0.25) is 14.4 Å². The standard InChI is InChI=1S/C21H25N3O3/c1-13-9-20(26)16-5-3-4-6-19(16)24(13)12-21(27)22-18-11-23(14(2)25)10-17(18)15-7-8-15/h3-6,9,15,17-18H,7-8,10-12H2,1-2H3,(H,22,27)/t17-,18+/m1/s1. The maximum absolute atomic E-state index is 12.8. The Bertz CT molecular complexity index is 961. The van der Waals surface area contributed by atoms with Crippen molar-refractivity contribution in [3.05, 3.63) is 46.2 Å². The second-order valence-corrected chi connectivity index (χ2v) is 7.85. The van der Waals surface area contributed by atoms with Gasteiger partial charge in [0.15, 0.2) is 5.43 Å². The molecule has 6 heteroatoms. The molecule has 1 saturated heterocycles. The number of para-hydroxylation sites is 1. The summed E-state index contributed by atoms with van der Waals surface area (Å²) in [4.78, 5) is 38.6. The number of benzene rings is 1. The van der Waals surface area contributed by atoms with Crippen LogP contribution in [-0.4, -0.2) is 40.4 Å². The molecular formula is C21H25N3O3. The lowest BCUT2D eigenvalue weighted by molar-refractivity contribution is -0.128. The van der Waals surface area contributed by atoms with Gasteiger partial charge in [0.2, 0.25) is 11.8 Å². The third kappa shape index (κ3) is 3.48. The van der Waals surface area contributed by atoms with Gasteiger partial charge in [-0.2, -0.15) is 0 Å². The zero-order valence-electron chi connectivity index (χ0n) is 15.8. The van der Waals surface area contributed by atoms with E-state index in [9.17, 15) is 14.4 Å². The van der Waals surface area contributed by atoms with E-state index in [0.717, 1.165) is 17.8 Å². The fraction of sp³-hybridized carbons (Fsp3) is 0.476. The molecule has 142 valence electrons. The first kappa shape index (κ1) is 17.8. The van der Waals surface area contributed by atoms with Crippen molar-refractivity contribution in [3.8, 4) is 0 Å². The van der Waals surface area contributed by atoms with Gasteiger partial charge in [0.25, 0.3) is 0 Å². The van der Waals surface area contributed by atoms with Gasteiger partial charge in [-0.15, -0.1) is 0 Å². The molecule has 1 saturated carbocycles. The van der Waals surface area contributed by atoms with Crippen LogP contribution in [0.25, 0.3) is 10.9 Å². The number of rotatable bonds is 4. The number of aromatic nitrogens is 1. The lowest BCUT2D eigenvalue weighted by Gasteiger charge is -2.21. The number of carbonyl (C=O) groups is 2. The maximum Gasteiger partial charge on any atom is 0.240 e. The van der Waals surface area contributed by atoms with E-state index < -0.39 is 0 Å². The lowest BCUT2D eigenvalue weighted by Crippen LogP contribution is -2.43. The van der Waals surface area contributed by atoms with Crippen LogP contribution in [0.15, 0.2) is 35.1 Å². The highest BCUT2D eigenvalue weighted by Crippen LogP contribution is 2.41. The molecule has 2 aliphatic rings. The highest BCUT2D eigenvalue weighted by Gasteiger charge is 2.43. The molecule has 2 heterocycles. The summed E-state index contributed by atoms with van der Waals surface area (Å²) in [5, 5.41) is 3.78. The Labute approximate surface area is 158 Å². The lowest BCUT2D eigenvalue weighted by atomic mass is 9.98. The number of pyridine rings is 1. The van der Waals surface area contributed by atoms with Crippen LogP contribution < -0.4 is 10.7 Å². The van der Waals surface area contributed by atoms with Crippen molar-refractivity contribution in [2.24, 2.45) is 11.8 Å². The Balaban J connectivity index is 1.54. The number of amides is 2. The van der Waals surface area contributed by atoms with Crippen LogP contribution in [0.4, 0.5) is 0 Å². The fourth-order valence-corrected chi connectivity index (χ4v) is 4.30. The Morgan fingerprint density at radius 2 is 1.93 bits per heavy atom. The predicted octanol–water partition coefficient (Wildman–Crippen LogP) is 1.68. The molecule has 6 nitrogen and oxygen atoms in total. The van der Waals surface area contributed by atoms with Crippen LogP contribution >= 0.6 is 0 Å². The van der Waals surface area contributed by atoms with Crippen LogP contribution in [0.3, 0.4) is 0 Å². The molecule has 27 heavy (non-hydrogen) atoms. The third-order valence-electron chi connectivity index (χ3n) is 5.91. The van der Waals surface area contributed by atoms with E-state index in [4.69, 9.17) is 0 Å². The van der Waals surface area contributed by atoms with E-state index in [0.29, 0.717) is 23.8 Å². The van der Waals surface area contributed by atoms with Gasteiger partial charge in [0, 0.05) is 43.1 Å². The van der Waals surface area contributed by atoms with Crippen molar-refractivity contribution in [3.63, 3.8) is 0 Å². The Hall–Kier alpha value is -2.63. The van der Waals surface area contributed by atoms with Crippen molar-refractivity contribution in [2.45, 2.75) is 39.3 Å². The Kier molecular flexibility index (Phi) is 4.50. The summed E-state index contributed by atoms with van der Waals surface area (Å²) in [6.07, 6.45) is 2.37. The molecule has 0 radical (unpaired) electrons. The SMILES string of the molecule is CC(=O)N1C[C@H](NC(=O)Cn2c(C)cc(=O)c3ccccc32)[C@@H](C2CC2)C1. The van der Waals surface area contributed by atoms with E-state index >= 15 is 0 Å². The number of fused-ring (bicyclic) bond motifs is 1. The molecule has 0 bridgehead atoms. The second-order valence-electron chi connectivity index (χ2n) is 7.85. The molecule has 2 atom stereocenters. The minimum atomic E-state index is -0.0760. The summed E-state index contributed by atoms with van der Waals surface area (Å²) in [6, 6.07) is 8.96. The Morgan fingerprint density at radius 1 is 1.19 bits per heavy atom. The van der Waals surface area contributed by atoms with Crippen molar-refractivity contribution in [2.75, 3.05) is 13.1 Å². The minimum Gasteiger partial charge on any atom is -0.350 e. The third-order valence-corrected chi connectivity index (χ3v) is 5.91. The number of hydrogen-bond acceptors (Lipinski definition) is 3. The average molecular weight is 367 g/mol. The molecule has 2 amide bonds. The van der Waals surface area contributed by atoms with Gasteiger partial charge in [-0.25, -0.2) is 0 Å². The number of aryl methyl sites for hydroxylation is 1. The van der Waals surface area contributed by atoms with Crippen LogP contribution in [0, 0.1) is 18.8 Å². The number of nitrogens with one attached hydrogen (secondary N) is 1. The van der Waals surface area contributed by atoms with Gasteiger partial charge >= 0.3 is 0 Å². The van der Waals surface area contributed by atoms with E-state index in [1.807, 2.05) is 34.6 Å². The number of carbonyl (C=O) groups excluding carboxylic acids is 2. The van der Waals surface area contributed by atoms with E-state index in [2.05, 4.69) is 5.32 Å². The normalized spacial score (nSPS) is 22.2. The molecule has 0 unspecified atom stereocenters. The zero-order valence-corrected chi connectivity index (χ0v) is 15.8. The van der Waals surface area contributed by atoms with Gasteiger partial charge < -0.3 is 14.8 Å². The molecular weight excluding hydrogens is 342 g/mol. The summed E-state index contributed by atoms with van der Waals surface area (Å²) < 4.78 is 1.88. The summed E-state index contributed by atoms with van der Waals surface area (Å²) in [5.41, 5.74) is 1.51. The highest BCUT2D eigenvalue weighted by atomic mass is 16.2. The fourth-order valence-electron chi connectivity index (χ4n) is 4.30. The number of nitrogens with zero attached hydrogens (tertiary/aromatic N) is 2. The topological polar surface area (TPSA) is 71.4 Å². The van der Waals surface area contributed by atoms with Crippen LogP contribution in [0.2, 0.25) is 0 Å². The van der Waals surface area contributed by atoms with Gasteiger partial charge in [-0.1, -0.05) is 12.1 Å². The van der Waals surface area contributed by atoms with Crippen LogP contribution in [0.5, 0.6) is 0 Å². The first-order valence-corrected chi connectivity index (χ1v) is 9.58. The summed E-state index contributed by atoms with van der Waals surface area (Å²) in [7, 11) is 0. The van der Waals surface area contributed by atoms with Crippen molar-refractivity contribution >= 4 is 22.7 Å². The first-order chi connectivity index (χ1) is 12.9. The quantitative estimate of drug-likeness (QED) is 0.894. The number of likely N-dealkylation sites (tertiary alicyclic amines) is 1. The van der Waals surface area contributed by atoms with Crippen LogP contribution in [0.1, 0.15) is 25.5 Å². The molecule has 1 aliphatic heterocycles. The number of hydrogen-bond donors (Lipinski definition) is 1. The minimum absolute atomic E-state index is 0.0138. The first-order valence-electron chi connectivity index (χ1n) is 9.58. The molecule has 1 aromatic carbocycles. The molecule has 0 spiro atoms. The molecule has 2 fully saturated rings. The average Bonchev–Trinajstić information content (AvgIpc) is 3.39. The molecule has 4 rings (SSSR count). The van der Waals surface area contributed by atoms with Crippen molar-refractivity contribution in [1.29, 1.82) is 0 Å². The highest BCUT2D eigenvalue weighted by molar-refractivity contribution is 5.83. The monoisotopic (exact) mass is 367 g/mol. The molecule has 2 aromatic rings. The summed E-state index contributed by atoms with van der Waals surface area (Å²) in [6.45, 7) is 4.93. The maximum atomic E-state index is 12.8. The molecule has 1 N–H and O–H groups in total. The zero-order chi connectivity index (χ0) is 19.1. The van der Waals surface area contributed by atoms with Crippen molar-refractivity contribution in [1.82, 2.24) is 14.8 Å². The van der Waals surface area contributed by atoms with Gasteiger partial charge in [-0.05, 0) is 37.8 Å². The summed E-state index contributed by atoms with van der Waals surface area (Å²) in [5.74, 6) is 0.965. The molecule has 1 aromatic heterocycles. The van der Waals surface area contributed by atoms with Crippen LogP contribution in [-0.2, 0) is 16.1 Å². The largest absolute Gasteiger partial charge is 0.350 e. The summed E-state index contributed by atoms with van der Waals surface area (Å²) >= 11 is 0. The van der Waals surface area contributed by atoms with Gasteiger partial charge in [0.1, 0.15) is 6.54 Å².